The van der Waals surface area contributed by atoms with E-state index in [1.54, 1.807) is 6.07 Å². The summed E-state index contributed by atoms with van der Waals surface area (Å²) in [5, 5.41) is 0.323. The van der Waals surface area contributed by atoms with E-state index in [0.717, 1.165) is 0 Å². The average molecular weight is 320 g/mol. The number of amides is 1. The van der Waals surface area contributed by atoms with Crippen molar-refractivity contribution in [3.05, 3.63) is 28.8 Å². The zero-order valence-corrected chi connectivity index (χ0v) is 12.5. The lowest BCUT2D eigenvalue weighted by molar-refractivity contribution is -0.118. The van der Waals surface area contributed by atoms with Gasteiger partial charge in [0.25, 0.3) is 0 Å². The Bertz CT molecular complexity index is 575. The lowest BCUT2D eigenvalue weighted by atomic mass is 10.2. The number of primary amides is 1. The van der Waals surface area contributed by atoms with E-state index in [4.69, 9.17) is 23.1 Å². The Morgan fingerprint density at radius 3 is 2.55 bits per heavy atom. The van der Waals surface area contributed by atoms with Gasteiger partial charge < -0.3 is 11.5 Å². The fraction of sp³-hybridized carbons (Fsp3) is 0.417. The third kappa shape index (κ3) is 5.09. The molecule has 5 N–H and O–H groups in total. The van der Waals surface area contributed by atoms with Crippen molar-refractivity contribution in [3.8, 4) is 0 Å². The second-order valence-corrected chi connectivity index (χ2v) is 6.45. The summed E-state index contributed by atoms with van der Waals surface area (Å²) in [4.78, 5) is 10.6. The van der Waals surface area contributed by atoms with Crippen molar-refractivity contribution in [1.29, 1.82) is 0 Å². The predicted molar refractivity (Wildman–Crippen MR) is 77.6 cm³/mol. The van der Waals surface area contributed by atoms with Gasteiger partial charge in [-0.1, -0.05) is 17.7 Å². The van der Waals surface area contributed by atoms with Crippen LogP contribution in [0.1, 0.15) is 24.8 Å². The molecule has 20 heavy (non-hydrogen) atoms. The molecule has 0 radical (unpaired) electrons. The molecular weight excluding hydrogens is 302 g/mol. The molecule has 0 heterocycles. The minimum absolute atomic E-state index is 0.0922. The molecule has 0 aliphatic rings. The SMILES string of the molecule is NCc1ccc(S(=O)(=O)NCCCCC(N)=O)cc1Cl. The Morgan fingerprint density at radius 2 is 2.00 bits per heavy atom. The Morgan fingerprint density at radius 1 is 1.30 bits per heavy atom. The van der Waals surface area contributed by atoms with Gasteiger partial charge in [-0.25, -0.2) is 13.1 Å². The molecule has 0 bridgehead atoms. The molecule has 1 aromatic carbocycles. The van der Waals surface area contributed by atoms with Crippen LogP contribution in [-0.4, -0.2) is 20.9 Å². The van der Waals surface area contributed by atoms with E-state index >= 15 is 0 Å². The molecule has 1 amide bonds. The van der Waals surface area contributed by atoms with Crippen LogP contribution in [0.3, 0.4) is 0 Å². The van der Waals surface area contributed by atoms with E-state index in [1.165, 1.54) is 12.1 Å². The zero-order valence-electron chi connectivity index (χ0n) is 10.9. The van der Waals surface area contributed by atoms with Crippen LogP contribution in [-0.2, 0) is 21.4 Å². The monoisotopic (exact) mass is 319 g/mol. The summed E-state index contributed by atoms with van der Waals surface area (Å²) in [6, 6.07) is 4.42. The molecule has 0 aromatic heterocycles. The van der Waals surface area contributed by atoms with Gasteiger partial charge >= 0.3 is 0 Å². The highest BCUT2D eigenvalue weighted by Crippen LogP contribution is 2.20. The van der Waals surface area contributed by atoms with Gasteiger partial charge in [-0.15, -0.1) is 0 Å². The van der Waals surface area contributed by atoms with Crippen LogP contribution in [0, 0.1) is 0 Å². The number of halogens is 1. The van der Waals surface area contributed by atoms with Crippen LogP contribution in [0.15, 0.2) is 23.1 Å². The van der Waals surface area contributed by atoms with Crippen LogP contribution < -0.4 is 16.2 Å². The Kier molecular flexibility index (Phi) is 6.41. The minimum atomic E-state index is -3.60. The molecular formula is C12H18ClN3O3S. The predicted octanol–water partition coefficient (Wildman–Crippen LogP) is 0.733. The molecule has 8 heteroatoms. The smallest absolute Gasteiger partial charge is 0.240 e. The van der Waals surface area contributed by atoms with Crippen molar-refractivity contribution in [3.63, 3.8) is 0 Å². The molecule has 0 aliphatic carbocycles. The number of nitrogens with two attached hydrogens (primary N) is 2. The number of rotatable bonds is 8. The summed E-state index contributed by atoms with van der Waals surface area (Å²) in [6.45, 7) is 0.492. The normalized spacial score (nSPS) is 11.5. The highest BCUT2D eigenvalue weighted by Gasteiger charge is 2.14. The van der Waals surface area contributed by atoms with Crippen molar-refractivity contribution in [1.82, 2.24) is 4.72 Å². The third-order valence-electron chi connectivity index (χ3n) is 2.70. The van der Waals surface area contributed by atoms with Crippen molar-refractivity contribution in [2.75, 3.05) is 6.54 Å². The summed E-state index contributed by atoms with van der Waals surface area (Å²) in [7, 11) is -3.60. The van der Waals surface area contributed by atoms with Crippen LogP contribution in [0.5, 0.6) is 0 Å². The van der Waals surface area contributed by atoms with Crippen LogP contribution in [0.4, 0.5) is 0 Å². The Hall–Kier alpha value is -1.15. The van der Waals surface area contributed by atoms with Crippen molar-refractivity contribution in [2.24, 2.45) is 11.5 Å². The Balaban J connectivity index is 2.60. The second kappa shape index (κ2) is 7.58. The maximum absolute atomic E-state index is 12.0. The fourth-order valence-corrected chi connectivity index (χ4v) is 3.00. The number of unbranched alkanes of at least 4 members (excludes halogenated alkanes) is 1. The first-order valence-electron chi connectivity index (χ1n) is 6.13. The zero-order chi connectivity index (χ0) is 15.2. The first kappa shape index (κ1) is 16.9. The van der Waals surface area contributed by atoms with Gasteiger partial charge in [0, 0.05) is 24.5 Å². The molecule has 6 nitrogen and oxygen atoms in total. The molecule has 1 rings (SSSR count). The van der Waals surface area contributed by atoms with Crippen LogP contribution >= 0.6 is 11.6 Å². The molecule has 112 valence electrons. The molecule has 0 saturated heterocycles. The average Bonchev–Trinajstić information content (AvgIpc) is 2.37. The first-order valence-corrected chi connectivity index (χ1v) is 7.99. The van der Waals surface area contributed by atoms with Crippen molar-refractivity contribution < 1.29 is 13.2 Å². The van der Waals surface area contributed by atoms with Crippen molar-refractivity contribution in [2.45, 2.75) is 30.7 Å². The molecule has 0 spiro atoms. The van der Waals surface area contributed by atoms with Gasteiger partial charge in [-0.2, -0.15) is 0 Å². The van der Waals surface area contributed by atoms with E-state index in [0.29, 0.717) is 23.4 Å². The van der Waals surface area contributed by atoms with E-state index in [1.807, 2.05) is 0 Å². The maximum Gasteiger partial charge on any atom is 0.240 e. The van der Waals surface area contributed by atoms with Crippen LogP contribution in [0.25, 0.3) is 0 Å². The van der Waals surface area contributed by atoms with Gasteiger partial charge in [0.15, 0.2) is 0 Å². The van der Waals surface area contributed by atoms with E-state index in [9.17, 15) is 13.2 Å². The minimum Gasteiger partial charge on any atom is -0.370 e. The number of hydrogen-bond donors (Lipinski definition) is 3. The van der Waals surface area contributed by atoms with Gasteiger partial charge in [0.2, 0.25) is 15.9 Å². The lowest BCUT2D eigenvalue weighted by Gasteiger charge is -2.08. The third-order valence-corrected chi connectivity index (χ3v) is 4.51. The topological polar surface area (TPSA) is 115 Å². The lowest BCUT2D eigenvalue weighted by Crippen LogP contribution is -2.25. The highest BCUT2D eigenvalue weighted by molar-refractivity contribution is 7.89. The Labute approximate surface area is 123 Å². The first-order chi connectivity index (χ1) is 9.36. The number of carbonyl (C=O) groups is 1. The number of benzene rings is 1. The summed E-state index contributed by atoms with van der Waals surface area (Å²) < 4.78 is 26.4. The van der Waals surface area contributed by atoms with E-state index in [-0.39, 0.29) is 24.4 Å². The van der Waals surface area contributed by atoms with Crippen LogP contribution in [0.2, 0.25) is 5.02 Å². The number of carbonyl (C=O) groups excluding carboxylic acids is 1. The maximum atomic E-state index is 12.0. The molecule has 0 fully saturated rings. The largest absolute Gasteiger partial charge is 0.370 e. The molecule has 0 atom stereocenters. The summed E-state index contributed by atoms with van der Waals surface area (Å²) in [5.41, 5.74) is 11.1. The van der Waals surface area contributed by atoms with E-state index in [2.05, 4.69) is 4.72 Å². The van der Waals surface area contributed by atoms with Gasteiger partial charge in [0.05, 0.1) is 4.90 Å². The summed E-state index contributed by atoms with van der Waals surface area (Å²) in [6.07, 6.45) is 1.33. The summed E-state index contributed by atoms with van der Waals surface area (Å²) >= 11 is 5.93. The van der Waals surface area contributed by atoms with Crippen molar-refractivity contribution >= 4 is 27.5 Å². The van der Waals surface area contributed by atoms with Gasteiger partial charge in [0.1, 0.15) is 0 Å². The quantitative estimate of drug-likeness (QED) is 0.613. The van der Waals surface area contributed by atoms with Gasteiger partial charge in [-0.05, 0) is 30.5 Å². The molecule has 1 aromatic rings. The number of sulfonamides is 1. The number of hydrogen-bond acceptors (Lipinski definition) is 4. The number of nitrogens with one attached hydrogen (secondary N) is 1. The summed E-state index contributed by atoms with van der Waals surface area (Å²) in [5.74, 6) is -0.392. The molecule has 0 aliphatic heterocycles. The van der Waals surface area contributed by atoms with E-state index < -0.39 is 15.9 Å². The molecule has 0 saturated carbocycles. The molecule has 0 unspecified atom stereocenters. The second-order valence-electron chi connectivity index (χ2n) is 4.28. The fourth-order valence-electron chi connectivity index (χ4n) is 1.57. The van der Waals surface area contributed by atoms with Gasteiger partial charge in [-0.3, -0.25) is 4.79 Å². The standard InChI is InChI=1S/C12H18ClN3O3S/c13-11-7-10(5-4-9(11)8-14)20(18,19)16-6-2-1-3-12(15)17/h4-5,7,16H,1-3,6,8,14H2,(H2,15,17). The highest BCUT2D eigenvalue weighted by atomic mass is 35.5.